The number of carbonyl (C=O) groups is 15. The molecule has 120 heavy (non-hydrogen) atoms. The lowest BCUT2D eigenvalue weighted by Gasteiger charge is -2.29. The van der Waals surface area contributed by atoms with Crippen molar-refractivity contribution in [3.05, 3.63) is 155 Å². The van der Waals surface area contributed by atoms with Crippen molar-refractivity contribution < 1.29 is 122 Å². The third kappa shape index (κ3) is 37.0. The molecule has 5 rings (SSSR count). The number of aliphatic hydroxyl groups excluding tert-OH is 4. The van der Waals surface area contributed by atoms with E-state index in [-0.39, 0.29) is 44.8 Å². The Morgan fingerprint density at radius 3 is 1.46 bits per heavy atom. The summed E-state index contributed by atoms with van der Waals surface area (Å²) in [6, 6.07) is 14.6. The smallest absolute Gasteiger partial charge is 0.407 e. The normalized spacial score (nSPS) is 20.2. The highest BCUT2D eigenvalue weighted by Crippen LogP contribution is 2.21. The fourth-order valence-electron chi connectivity index (χ4n) is 12.1. The number of aliphatic hydroxyl groups is 4. The SMILES string of the molecule is C/C=C1\NC(=O)[C@@H]([C@H](C)O)NC(=O)[C@H](CCNC(=O)OCc2ccccc2)NC(=O)[C@H](CCCCNC(=O)OCc2ccccc2)NC(=O)[C@H](CC(=O)O)NC(=O)[C@@H](CCNC(=O)OCc2ccccc2)NC(=O)[C@@H](NC(=O)CC(O)c2cccc(CCCCCCCCCCCC)c2)COC(=O)[C@H]([C@H](O)CCl)NC(=O)[C@H]([C@H](O)C(=O)O)NC1=O. The second kappa shape index (κ2) is 54.3. The van der Waals surface area contributed by atoms with E-state index in [4.69, 9.17) is 30.5 Å². The van der Waals surface area contributed by atoms with Gasteiger partial charge in [0.05, 0.1) is 37.0 Å². The molecule has 1 fully saturated rings. The molecule has 12 amide bonds. The predicted octanol–water partition coefficient (Wildman–Crippen LogP) is 2.66. The first-order chi connectivity index (χ1) is 57.5. The van der Waals surface area contributed by atoms with Crippen LogP contribution in [-0.2, 0) is 103 Å². The van der Waals surface area contributed by atoms with Crippen LogP contribution in [0.2, 0.25) is 0 Å². The first-order valence-electron chi connectivity index (χ1n) is 39.7. The minimum atomic E-state index is -2.93. The van der Waals surface area contributed by atoms with E-state index in [1.165, 1.54) is 25.7 Å². The van der Waals surface area contributed by atoms with E-state index in [1.807, 2.05) is 16.7 Å². The van der Waals surface area contributed by atoms with E-state index >= 15 is 0 Å². The molecule has 1 unspecified atom stereocenters. The summed E-state index contributed by atoms with van der Waals surface area (Å²) in [7, 11) is 0. The number of rotatable bonds is 39. The molecule has 0 bridgehead atoms. The zero-order valence-corrected chi connectivity index (χ0v) is 67.9. The van der Waals surface area contributed by atoms with Gasteiger partial charge in [-0.25, -0.2) is 24.0 Å². The van der Waals surface area contributed by atoms with Gasteiger partial charge in [0.25, 0.3) is 5.91 Å². The Morgan fingerprint density at radius 2 is 0.967 bits per heavy atom. The molecule has 12 atom stereocenters. The molecular formula is C82H111ClN12O25. The highest BCUT2D eigenvalue weighted by molar-refractivity contribution is 6.18. The number of amides is 12. The van der Waals surface area contributed by atoms with E-state index < -0.39 is 225 Å². The molecule has 1 saturated heterocycles. The average molecular weight is 1700 g/mol. The van der Waals surface area contributed by atoms with Gasteiger partial charge in [0.2, 0.25) is 47.3 Å². The van der Waals surface area contributed by atoms with Gasteiger partial charge >= 0.3 is 36.2 Å². The standard InChI is InChI=1S/C82H111ClN12O25/c1-4-6-7-8-9-10-11-12-13-17-27-51-34-26-35-55(42-51)62(97)44-64(99)87-61-49-117-79(113)67(63(98)45-83)94-77(110)68(69(102)78(111)112)95-70(103)56(5-2)88-76(109)66(50(3)96)93-73(106)59(38-41-86-82(116)120-48-54-32-22-16-23-33-54)90-71(104)57(36-24-25-39-84-80(114)118-46-52-28-18-14-19-29-52)89-74(107)60(43-65(100)101)92-72(105)58(91-75(61)108)37-40-85-81(115)119-47-53-30-20-15-21-31-53/h5,14-16,18-23,26,28-35,42,50,57-63,66-69,96-98,102H,4,6-13,17,24-25,27,36-41,43-49H2,1-3H3,(H,84,114)(H,85,115)(H,86,116)(H,87,99)(H,88,109)(H,89,107)(H,90,104)(H,91,108)(H,92,105)(H,93,106)(H,94,110)(H,95,103)(H,100,101)(H,111,112)/b56-5-/t50-,57-,58+,59-,60-,61-,62?,63+,66+,67-,68-,69-/m0/s1. The van der Waals surface area contributed by atoms with Gasteiger partial charge in [0.15, 0.2) is 12.1 Å². The van der Waals surface area contributed by atoms with Gasteiger partial charge in [-0.3, -0.25) is 47.9 Å². The Kier molecular flexibility index (Phi) is 44.7. The monoisotopic (exact) mass is 1700 g/mol. The maximum absolute atomic E-state index is 15.0. The molecule has 0 aromatic heterocycles. The molecule has 18 N–H and O–H groups in total. The summed E-state index contributed by atoms with van der Waals surface area (Å²) in [5.41, 5.74) is 2.02. The number of carboxylic acids is 2. The number of hydrogen-bond acceptors (Lipinski definition) is 23. The molecule has 1 aliphatic rings. The van der Waals surface area contributed by atoms with Crippen LogP contribution >= 0.6 is 11.6 Å². The van der Waals surface area contributed by atoms with E-state index in [1.54, 1.807) is 109 Å². The first-order valence-corrected chi connectivity index (χ1v) is 40.3. The number of ether oxygens (including phenoxy) is 4. The van der Waals surface area contributed by atoms with E-state index in [2.05, 4.69) is 60.1 Å². The number of aryl methyl sites for hydroxylation is 1. The Balaban J connectivity index is 1.61. The summed E-state index contributed by atoms with van der Waals surface area (Å²) >= 11 is 6.01. The molecule has 38 heteroatoms. The number of alkyl carbamates (subject to hydrolysis) is 3. The zero-order valence-electron chi connectivity index (χ0n) is 67.2. The summed E-state index contributed by atoms with van der Waals surface area (Å²) < 4.78 is 21.4. The van der Waals surface area contributed by atoms with Gasteiger partial charge in [-0.05, 0) is 86.6 Å². The molecule has 1 aliphatic heterocycles. The van der Waals surface area contributed by atoms with Crippen LogP contribution in [0.4, 0.5) is 14.4 Å². The molecule has 4 aromatic carbocycles. The number of hydrogen-bond donors (Lipinski definition) is 18. The number of unbranched alkanes of at least 4 members (excludes halogenated alkanes) is 10. The molecule has 0 aliphatic carbocycles. The number of alkyl halides is 1. The van der Waals surface area contributed by atoms with Crippen molar-refractivity contribution in [3.63, 3.8) is 0 Å². The number of aliphatic carboxylic acids is 2. The van der Waals surface area contributed by atoms with Gasteiger partial charge in [-0.1, -0.05) is 186 Å². The maximum atomic E-state index is 15.0. The highest BCUT2D eigenvalue weighted by Gasteiger charge is 2.41. The molecule has 4 aromatic rings. The summed E-state index contributed by atoms with van der Waals surface area (Å²) in [5, 5.41) is 92.5. The summed E-state index contributed by atoms with van der Waals surface area (Å²) in [5.74, 6) is -19.4. The van der Waals surface area contributed by atoms with Crippen LogP contribution in [0.5, 0.6) is 0 Å². The average Bonchev–Trinajstić information content (AvgIpc) is 0.837. The number of cyclic esters (lactones) is 1. The third-order valence-corrected chi connectivity index (χ3v) is 19.1. The van der Waals surface area contributed by atoms with Crippen molar-refractivity contribution in [2.24, 2.45) is 0 Å². The maximum Gasteiger partial charge on any atom is 0.407 e. The number of halogens is 1. The van der Waals surface area contributed by atoms with Crippen molar-refractivity contribution in [2.75, 3.05) is 32.1 Å². The second-order valence-electron chi connectivity index (χ2n) is 28.4. The van der Waals surface area contributed by atoms with Gasteiger partial charge in [-0.2, -0.15) is 0 Å². The highest BCUT2D eigenvalue weighted by atomic mass is 35.5. The predicted molar refractivity (Wildman–Crippen MR) is 431 cm³/mol. The summed E-state index contributed by atoms with van der Waals surface area (Å²) in [4.78, 5) is 210. The quantitative estimate of drug-likeness (QED) is 0.0100. The Bertz CT molecular complexity index is 4040. The topological polar surface area (TPSA) is 559 Å². The summed E-state index contributed by atoms with van der Waals surface area (Å²) in [6.45, 7) is 1.13. The van der Waals surface area contributed by atoms with Gasteiger partial charge in [0, 0.05) is 19.6 Å². The van der Waals surface area contributed by atoms with Gasteiger partial charge in [-0.15, -0.1) is 11.6 Å². The summed E-state index contributed by atoms with van der Waals surface area (Å²) in [6.07, 6.45) is -3.04. The lowest BCUT2D eigenvalue weighted by atomic mass is 9.99. The molecule has 0 saturated carbocycles. The molecule has 0 spiro atoms. The number of benzene rings is 4. The van der Waals surface area contributed by atoms with Crippen LogP contribution in [0.1, 0.15) is 164 Å². The van der Waals surface area contributed by atoms with Crippen molar-refractivity contribution >= 4 is 101 Å². The zero-order chi connectivity index (χ0) is 87.9. The van der Waals surface area contributed by atoms with Crippen LogP contribution in [0.15, 0.2) is 127 Å². The van der Waals surface area contributed by atoms with Crippen molar-refractivity contribution in [1.82, 2.24) is 63.8 Å². The minimum Gasteiger partial charge on any atom is -0.481 e. The Labute approximate surface area is 699 Å². The molecule has 37 nitrogen and oxygen atoms in total. The Morgan fingerprint density at radius 1 is 0.508 bits per heavy atom. The fraction of sp³-hybridized carbons (Fsp3) is 0.500. The van der Waals surface area contributed by atoms with Crippen molar-refractivity contribution in [2.45, 2.75) is 229 Å². The fourth-order valence-corrected chi connectivity index (χ4v) is 12.3. The largest absolute Gasteiger partial charge is 0.481 e. The molecule has 1 heterocycles. The van der Waals surface area contributed by atoms with Crippen LogP contribution < -0.4 is 63.8 Å². The number of allylic oxidation sites excluding steroid dienone is 1. The van der Waals surface area contributed by atoms with E-state index in [9.17, 15) is 103 Å². The first kappa shape index (κ1) is 98.8. The molecular weight excluding hydrogens is 1590 g/mol. The van der Waals surface area contributed by atoms with Crippen LogP contribution in [0.25, 0.3) is 0 Å². The lowest BCUT2D eigenvalue weighted by molar-refractivity contribution is -0.155. The molecule has 656 valence electrons. The van der Waals surface area contributed by atoms with Crippen LogP contribution in [0, 0.1) is 0 Å². The number of carbonyl (C=O) groups excluding carboxylic acids is 13. The van der Waals surface area contributed by atoms with Crippen LogP contribution in [-0.4, -0.2) is 219 Å². The van der Waals surface area contributed by atoms with Crippen molar-refractivity contribution in [1.29, 1.82) is 0 Å². The second-order valence-corrected chi connectivity index (χ2v) is 28.7. The van der Waals surface area contributed by atoms with Crippen LogP contribution in [0.3, 0.4) is 0 Å². The minimum absolute atomic E-state index is 0.0272. The number of carboxylic acid groups (broad SMARTS) is 2. The van der Waals surface area contributed by atoms with Gasteiger partial charge < -0.3 is 113 Å². The van der Waals surface area contributed by atoms with Gasteiger partial charge in [0.1, 0.15) is 74.4 Å². The number of nitrogens with one attached hydrogen (secondary N) is 12. The van der Waals surface area contributed by atoms with E-state index in [0.29, 0.717) is 23.1 Å². The molecule has 0 radical (unpaired) electrons. The van der Waals surface area contributed by atoms with E-state index in [0.717, 1.165) is 64.0 Å². The third-order valence-electron chi connectivity index (χ3n) is 18.8. The van der Waals surface area contributed by atoms with Crippen molar-refractivity contribution in [3.8, 4) is 0 Å². The lowest BCUT2D eigenvalue weighted by Crippen LogP contribution is -2.62. The Hall–Kier alpha value is -11.8. The number of esters is 1.